The standard InChI is InChI=1S/C22H27N3O4.ClH/c1-27-19-7-3-2-6-17(19)18-13-23-10-11-25(18)14-22(26)24-12-16-15-28-20-8-4-5-9-21(20)29-16;/h2-9,16,18,23H,10-15H2,1H3,(H,24,26);1H. The average Bonchev–Trinajstić information content (AvgIpc) is 2.78. The van der Waals surface area contributed by atoms with E-state index in [2.05, 4.69) is 21.6 Å². The smallest absolute Gasteiger partial charge is 0.234 e. The average molecular weight is 434 g/mol. The molecule has 0 bridgehead atoms. The molecule has 2 aliphatic rings. The maximum Gasteiger partial charge on any atom is 0.234 e. The number of para-hydroxylation sites is 3. The zero-order chi connectivity index (χ0) is 20.1. The molecule has 0 aromatic heterocycles. The maximum atomic E-state index is 12.6. The Labute approximate surface area is 183 Å². The first kappa shape index (κ1) is 22.2. The van der Waals surface area contributed by atoms with Crippen molar-refractivity contribution in [2.75, 3.05) is 46.4 Å². The summed E-state index contributed by atoms with van der Waals surface area (Å²) < 4.78 is 17.1. The van der Waals surface area contributed by atoms with Gasteiger partial charge in [0, 0.05) is 25.2 Å². The summed E-state index contributed by atoms with van der Waals surface area (Å²) in [6.45, 7) is 3.60. The molecule has 7 nitrogen and oxygen atoms in total. The number of benzene rings is 2. The van der Waals surface area contributed by atoms with Gasteiger partial charge in [-0.3, -0.25) is 9.69 Å². The summed E-state index contributed by atoms with van der Waals surface area (Å²) in [5, 5.41) is 6.41. The lowest BCUT2D eigenvalue weighted by Gasteiger charge is -2.36. The number of amides is 1. The second-order valence-corrected chi connectivity index (χ2v) is 7.23. The van der Waals surface area contributed by atoms with Crippen LogP contribution in [0.25, 0.3) is 0 Å². The Morgan fingerprint density at radius 3 is 2.80 bits per heavy atom. The fourth-order valence-electron chi connectivity index (χ4n) is 3.82. The van der Waals surface area contributed by atoms with Gasteiger partial charge in [0.2, 0.25) is 5.91 Å². The van der Waals surface area contributed by atoms with Crippen molar-refractivity contribution in [3.05, 3.63) is 54.1 Å². The fraction of sp³-hybridized carbons (Fsp3) is 0.409. The van der Waals surface area contributed by atoms with Gasteiger partial charge in [-0.05, 0) is 18.2 Å². The number of nitrogens with one attached hydrogen (secondary N) is 2. The number of methoxy groups -OCH3 is 1. The van der Waals surface area contributed by atoms with Crippen LogP contribution < -0.4 is 24.8 Å². The molecule has 1 saturated heterocycles. The number of carbonyl (C=O) groups is 1. The number of fused-ring (bicyclic) bond motifs is 1. The highest BCUT2D eigenvalue weighted by Gasteiger charge is 2.28. The molecule has 0 radical (unpaired) electrons. The highest BCUT2D eigenvalue weighted by molar-refractivity contribution is 5.85. The molecule has 4 rings (SSSR count). The third kappa shape index (κ3) is 5.16. The van der Waals surface area contributed by atoms with E-state index in [4.69, 9.17) is 14.2 Å². The van der Waals surface area contributed by atoms with Crippen LogP contribution in [0.1, 0.15) is 11.6 Å². The van der Waals surface area contributed by atoms with Crippen molar-refractivity contribution in [1.82, 2.24) is 15.5 Å². The quantitative estimate of drug-likeness (QED) is 0.726. The highest BCUT2D eigenvalue weighted by Crippen LogP contribution is 2.31. The Bertz CT molecular complexity index is 851. The van der Waals surface area contributed by atoms with E-state index in [0.29, 0.717) is 19.7 Å². The van der Waals surface area contributed by atoms with Crippen molar-refractivity contribution < 1.29 is 19.0 Å². The van der Waals surface area contributed by atoms with E-state index in [0.717, 1.165) is 42.4 Å². The van der Waals surface area contributed by atoms with E-state index in [1.54, 1.807) is 7.11 Å². The van der Waals surface area contributed by atoms with Gasteiger partial charge in [-0.25, -0.2) is 0 Å². The van der Waals surface area contributed by atoms with Crippen molar-refractivity contribution in [1.29, 1.82) is 0 Å². The summed E-state index contributed by atoms with van der Waals surface area (Å²) in [6, 6.07) is 15.7. The van der Waals surface area contributed by atoms with Crippen LogP contribution in [0.2, 0.25) is 0 Å². The van der Waals surface area contributed by atoms with E-state index in [1.165, 1.54) is 0 Å². The summed E-state index contributed by atoms with van der Waals surface area (Å²) in [7, 11) is 1.68. The summed E-state index contributed by atoms with van der Waals surface area (Å²) in [5.41, 5.74) is 1.09. The molecule has 2 unspecified atom stereocenters. The molecule has 0 saturated carbocycles. The zero-order valence-corrected chi connectivity index (χ0v) is 17.8. The van der Waals surface area contributed by atoms with Crippen LogP contribution in [-0.2, 0) is 4.79 Å². The van der Waals surface area contributed by atoms with E-state index in [1.807, 2.05) is 42.5 Å². The topological polar surface area (TPSA) is 72.1 Å². The lowest BCUT2D eigenvalue weighted by Crippen LogP contribution is -2.50. The van der Waals surface area contributed by atoms with Gasteiger partial charge in [-0.1, -0.05) is 30.3 Å². The first-order chi connectivity index (χ1) is 14.2. The first-order valence-electron chi connectivity index (χ1n) is 9.97. The van der Waals surface area contributed by atoms with Gasteiger partial charge in [-0.15, -0.1) is 12.4 Å². The Kier molecular flexibility index (Phi) is 7.79. The summed E-state index contributed by atoms with van der Waals surface area (Å²) >= 11 is 0. The van der Waals surface area contributed by atoms with Crippen molar-refractivity contribution in [2.24, 2.45) is 0 Å². The van der Waals surface area contributed by atoms with Gasteiger partial charge in [0.1, 0.15) is 18.5 Å². The molecular formula is C22H28ClN3O4. The van der Waals surface area contributed by atoms with E-state index in [-0.39, 0.29) is 30.5 Å². The van der Waals surface area contributed by atoms with E-state index < -0.39 is 0 Å². The SMILES string of the molecule is COc1ccccc1C1CNCCN1CC(=O)NCC1COc2ccccc2O1.Cl. The summed E-state index contributed by atoms with van der Waals surface area (Å²) in [6.07, 6.45) is -0.193. The molecular weight excluding hydrogens is 406 g/mol. The predicted molar refractivity (Wildman–Crippen MR) is 117 cm³/mol. The van der Waals surface area contributed by atoms with Crippen LogP contribution in [0, 0.1) is 0 Å². The molecule has 30 heavy (non-hydrogen) atoms. The molecule has 2 aromatic carbocycles. The molecule has 1 fully saturated rings. The summed E-state index contributed by atoms with van der Waals surface area (Å²) in [4.78, 5) is 14.8. The Morgan fingerprint density at radius 2 is 1.97 bits per heavy atom. The largest absolute Gasteiger partial charge is 0.496 e. The van der Waals surface area contributed by atoms with Crippen LogP contribution in [-0.4, -0.2) is 63.4 Å². The van der Waals surface area contributed by atoms with Gasteiger partial charge < -0.3 is 24.8 Å². The minimum Gasteiger partial charge on any atom is -0.496 e. The molecule has 1 amide bonds. The number of carbonyl (C=O) groups excluding carboxylic acids is 1. The van der Waals surface area contributed by atoms with Gasteiger partial charge in [0.25, 0.3) is 0 Å². The third-order valence-corrected chi connectivity index (χ3v) is 5.29. The van der Waals surface area contributed by atoms with Crippen LogP contribution in [0.15, 0.2) is 48.5 Å². The molecule has 2 aliphatic heterocycles. The lowest BCUT2D eigenvalue weighted by molar-refractivity contribution is -0.123. The van der Waals surface area contributed by atoms with Crippen molar-refractivity contribution >= 4 is 18.3 Å². The van der Waals surface area contributed by atoms with Crippen molar-refractivity contribution in [3.8, 4) is 17.2 Å². The third-order valence-electron chi connectivity index (χ3n) is 5.29. The molecule has 162 valence electrons. The molecule has 0 spiro atoms. The van der Waals surface area contributed by atoms with Crippen molar-refractivity contribution in [3.63, 3.8) is 0 Å². The Balaban J connectivity index is 0.00000256. The highest BCUT2D eigenvalue weighted by atomic mass is 35.5. The Hall–Kier alpha value is -2.48. The number of piperazine rings is 1. The zero-order valence-electron chi connectivity index (χ0n) is 17.0. The Morgan fingerprint density at radius 1 is 1.20 bits per heavy atom. The van der Waals surface area contributed by atoms with Crippen LogP contribution in [0.3, 0.4) is 0 Å². The van der Waals surface area contributed by atoms with Crippen molar-refractivity contribution in [2.45, 2.75) is 12.1 Å². The maximum absolute atomic E-state index is 12.6. The normalized spacial score (nSPS) is 20.7. The monoisotopic (exact) mass is 433 g/mol. The predicted octanol–water partition coefficient (Wildman–Crippen LogP) is 2.02. The molecule has 2 heterocycles. The number of halogens is 1. The van der Waals surface area contributed by atoms with Crippen LogP contribution in [0.4, 0.5) is 0 Å². The molecule has 2 N–H and O–H groups in total. The minimum atomic E-state index is -0.193. The number of rotatable bonds is 6. The summed E-state index contributed by atoms with van der Waals surface area (Å²) in [5.74, 6) is 2.29. The van der Waals surface area contributed by atoms with Crippen LogP contribution in [0.5, 0.6) is 17.2 Å². The number of hydrogen-bond acceptors (Lipinski definition) is 6. The second kappa shape index (κ2) is 10.5. The molecule has 0 aliphatic carbocycles. The fourth-order valence-corrected chi connectivity index (χ4v) is 3.82. The second-order valence-electron chi connectivity index (χ2n) is 7.23. The van der Waals surface area contributed by atoms with Crippen LogP contribution >= 0.6 is 12.4 Å². The lowest BCUT2D eigenvalue weighted by atomic mass is 10.0. The molecule has 2 aromatic rings. The number of hydrogen-bond donors (Lipinski definition) is 2. The minimum absolute atomic E-state index is 0. The van der Waals surface area contributed by atoms with E-state index >= 15 is 0 Å². The van der Waals surface area contributed by atoms with E-state index in [9.17, 15) is 4.79 Å². The van der Waals surface area contributed by atoms with Gasteiger partial charge in [0.05, 0.1) is 26.2 Å². The number of ether oxygens (including phenoxy) is 3. The molecule has 2 atom stereocenters. The van der Waals surface area contributed by atoms with Gasteiger partial charge >= 0.3 is 0 Å². The molecule has 8 heteroatoms. The van der Waals surface area contributed by atoms with Gasteiger partial charge in [-0.2, -0.15) is 0 Å². The number of nitrogens with zero attached hydrogens (tertiary/aromatic N) is 1. The first-order valence-corrected chi connectivity index (χ1v) is 9.97. The van der Waals surface area contributed by atoms with Gasteiger partial charge in [0.15, 0.2) is 11.5 Å².